The minimum atomic E-state index is 0.100. The molecule has 0 bridgehead atoms. The van der Waals surface area contributed by atoms with Gasteiger partial charge in [0.05, 0.1) is 6.54 Å². The van der Waals surface area contributed by atoms with Gasteiger partial charge in [0, 0.05) is 35.9 Å². The molecule has 200 valence electrons. The number of rotatable bonds is 9. The van der Waals surface area contributed by atoms with E-state index in [1.165, 1.54) is 19.3 Å². The Kier molecular flexibility index (Phi) is 7.86. The highest BCUT2D eigenvalue weighted by molar-refractivity contribution is 5.81. The van der Waals surface area contributed by atoms with Crippen LogP contribution in [0.25, 0.3) is 22.5 Å². The zero-order valence-electron chi connectivity index (χ0n) is 23.0. The highest BCUT2D eigenvalue weighted by atomic mass is 16.1. The molecule has 1 fully saturated rings. The van der Waals surface area contributed by atoms with E-state index in [-0.39, 0.29) is 11.7 Å². The van der Waals surface area contributed by atoms with E-state index in [9.17, 15) is 4.79 Å². The molecule has 4 aromatic rings. The van der Waals surface area contributed by atoms with Crippen LogP contribution in [0.5, 0.6) is 0 Å². The summed E-state index contributed by atoms with van der Waals surface area (Å²) in [7, 11) is 0. The molecule has 1 aliphatic rings. The summed E-state index contributed by atoms with van der Waals surface area (Å²) in [6, 6.07) is 10.3. The van der Waals surface area contributed by atoms with Crippen molar-refractivity contribution in [1.29, 1.82) is 0 Å². The number of pyridine rings is 1. The Labute approximate surface area is 224 Å². The van der Waals surface area contributed by atoms with Gasteiger partial charge in [-0.1, -0.05) is 64.8 Å². The zero-order valence-corrected chi connectivity index (χ0v) is 23.0. The average Bonchev–Trinajstić information content (AvgIpc) is 3.57. The Morgan fingerprint density at radius 2 is 1.92 bits per heavy atom. The van der Waals surface area contributed by atoms with Crippen molar-refractivity contribution in [2.75, 3.05) is 0 Å². The monoisotopic (exact) mass is 513 g/mol. The summed E-state index contributed by atoms with van der Waals surface area (Å²) in [6.07, 6.45) is 12.5. The topological polar surface area (TPSA) is 94.3 Å². The molecule has 8 heteroatoms. The molecule has 38 heavy (non-hydrogen) atoms. The third-order valence-corrected chi connectivity index (χ3v) is 8.32. The molecule has 3 heterocycles. The Morgan fingerprint density at radius 1 is 1.11 bits per heavy atom. The van der Waals surface area contributed by atoms with Gasteiger partial charge >= 0.3 is 5.69 Å². The lowest BCUT2D eigenvalue weighted by Crippen LogP contribution is -2.38. The molecule has 3 atom stereocenters. The van der Waals surface area contributed by atoms with E-state index in [0.717, 1.165) is 47.2 Å². The molecule has 0 aliphatic heterocycles. The molecule has 8 nitrogen and oxygen atoms in total. The number of tetrazole rings is 1. The number of benzene rings is 1. The van der Waals surface area contributed by atoms with Crippen molar-refractivity contribution in [3.05, 3.63) is 70.7 Å². The van der Waals surface area contributed by atoms with Crippen molar-refractivity contribution >= 4 is 0 Å². The van der Waals surface area contributed by atoms with Crippen LogP contribution in [0.2, 0.25) is 0 Å². The van der Waals surface area contributed by atoms with Crippen molar-refractivity contribution in [2.45, 2.75) is 78.8 Å². The van der Waals surface area contributed by atoms with E-state index in [2.05, 4.69) is 70.1 Å². The largest absolute Gasteiger partial charge is 0.328 e. The highest BCUT2D eigenvalue weighted by Crippen LogP contribution is 2.42. The predicted octanol–water partition coefficient (Wildman–Crippen LogP) is 5.92. The smallest absolute Gasteiger partial charge is 0.295 e. The number of aromatic nitrogens is 7. The van der Waals surface area contributed by atoms with E-state index < -0.39 is 0 Å². The minimum Gasteiger partial charge on any atom is -0.295 e. The molecule has 5 rings (SSSR count). The van der Waals surface area contributed by atoms with E-state index in [0.29, 0.717) is 30.1 Å². The van der Waals surface area contributed by atoms with Crippen molar-refractivity contribution in [3.63, 3.8) is 0 Å². The van der Waals surface area contributed by atoms with E-state index >= 15 is 0 Å². The molecule has 0 spiro atoms. The number of unbranched alkanes of at least 4 members (excludes halogenated alkanes) is 1. The summed E-state index contributed by atoms with van der Waals surface area (Å²) in [4.78, 5) is 18.6. The summed E-state index contributed by atoms with van der Waals surface area (Å²) >= 11 is 0. The third-order valence-electron chi connectivity index (χ3n) is 8.32. The first-order chi connectivity index (χ1) is 18.5. The molecular formula is C30H39N7O. The Morgan fingerprint density at radius 3 is 2.66 bits per heavy atom. The lowest BCUT2D eigenvalue weighted by molar-refractivity contribution is 0.126. The summed E-state index contributed by atoms with van der Waals surface area (Å²) in [5, 5.41) is 14.6. The van der Waals surface area contributed by atoms with Gasteiger partial charge in [0.15, 0.2) is 5.82 Å². The summed E-state index contributed by atoms with van der Waals surface area (Å²) in [5.41, 5.74) is 5.16. The number of hydrogen-bond donors (Lipinski definition) is 1. The number of aromatic amines is 1. The van der Waals surface area contributed by atoms with Gasteiger partial charge < -0.3 is 0 Å². The Bertz CT molecular complexity index is 1400. The van der Waals surface area contributed by atoms with Gasteiger partial charge in [-0.2, -0.15) is 0 Å². The van der Waals surface area contributed by atoms with Crippen LogP contribution in [0.3, 0.4) is 0 Å². The SMILES string of the molecule is CCCCc1cn(C2C(C)CCCC2C(C)C)c(=O)n1Cc1cnccc1-c1ccccc1-c1nnn[nH]1. The Balaban J connectivity index is 1.58. The quantitative estimate of drug-likeness (QED) is 0.300. The number of imidazole rings is 1. The van der Waals surface area contributed by atoms with Crippen molar-refractivity contribution < 1.29 is 0 Å². The normalized spacial score (nSPS) is 19.8. The summed E-state index contributed by atoms with van der Waals surface area (Å²) < 4.78 is 4.08. The predicted molar refractivity (Wildman–Crippen MR) is 150 cm³/mol. The van der Waals surface area contributed by atoms with Crippen LogP contribution in [0.15, 0.2) is 53.7 Å². The maximum Gasteiger partial charge on any atom is 0.328 e. The van der Waals surface area contributed by atoms with Crippen molar-refractivity contribution in [3.8, 4) is 22.5 Å². The van der Waals surface area contributed by atoms with Crippen LogP contribution >= 0.6 is 0 Å². The van der Waals surface area contributed by atoms with Crippen LogP contribution < -0.4 is 5.69 Å². The molecule has 1 saturated carbocycles. The number of H-pyrrole nitrogens is 1. The van der Waals surface area contributed by atoms with Crippen LogP contribution in [-0.2, 0) is 13.0 Å². The Hall–Kier alpha value is -3.55. The highest BCUT2D eigenvalue weighted by Gasteiger charge is 2.35. The van der Waals surface area contributed by atoms with Crippen LogP contribution in [0, 0.1) is 17.8 Å². The fourth-order valence-corrected chi connectivity index (χ4v) is 6.32. The molecule has 3 unspecified atom stereocenters. The van der Waals surface area contributed by atoms with Crippen molar-refractivity contribution in [1.82, 2.24) is 34.7 Å². The van der Waals surface area contributed by atoms with Gasteiger partial charge in [-0.3, -0.25) is 14.1 Å². The second-order valence-corrected chi connectivity index (χ2v) is 11.1. The van der Waals surface area contributed by atoms with Gasteiger partial charge in [-0.05, 0) is 76.6 Å². The lowest BCUT2D eigenvalue weighted by atomic mass is 9.72. The standard InChI is InChI=1S/C30H39N7O/c1-5-6-11-23-19-37(28-21(4)10-9-14-24(28)20(2)3)30(38)36(23)18-22-17-31-16-15-25(22)26-12-7-8-13-27(26)29-32-34-35-33-29/h7-8,12-13,15-17,19-21,24,28H,5-6,9-11,14,18H2,1-4H3,(H,32,33,34,35). The zero-order chi connectivity index (χ0) is 26.6. The second-order valence-electron chi connectivity index (χ2n) is 11.1. The average molecular weight is 514 g/mol. The van der Waals surface area contributed by atoms with Gasteiger partial charge in [0.2, 0.25) is 0 Å². The first kappa shape index (κ1) is 26.1. The van der Waals surface area contributed by atoms with Crippen LogP contribution in [-0.4, -0.2) is 34.7 Å². The minimum absolute atomic E-state index is 0.100. The van der Waals surface area contributed by atoms with Gasteiger partial charge in [0.1, 0.15) is 0 Å². The molecule has 1 aromatic carbocycles. The molecular weight excluding hydrogens is 474 g/mol. The molecule has 1 aliphatic carbocycles. The third kappa shape index (κ3) is 5.08. The number of hydrogen-bond acceptors (Lipinski definition) is 5. The molecule has 1 N–H and O–H groups in total. The summed E-state index contributed by atoms with van der Waals surface area (Å²) in [6.45, 7) is 9.61. The second kappa shape index (κ2) is 11.5. The fourth-order valence-electron chi connectivity index (χ4n) is 6.32. The maximum absolute atomic E-state index is 14.1. The van der Waals surface area contributed by atoms with Gasteiger partial charge in [0.25, 0.3) is 0 Å². The first-order valence-electron chi connectivity index (χ1n) is 14.1. The van der Waals surface area contributed by atoms with Crippen molar-refractivity contribution in [2.24, 2.45) is 17.8 Å². The lowest BCUT2D eigenvalue weighted by Gasteiger charge is -2.39. The first-order valence-corrected chi connectivity index (χ1v) is 14.1. The van der Waals surface area contributed by atoms with Crippen LogP contribution in [0.1, 0.15) is 77.1 Å². The van der Waals surface area contributed by atoms with Gasteiger partial charge in [-0.25, -0.2) is 9.89 Å². The summed E-state index contributed by atoms with van der Waals surface area (Å²) in [5.74, 6) is 2.16. The maximum atomic E-state index is 14.1. The molecule has 0 radical (unpaired) electrons. The fraction of sp³-hybridized carbons (Fsp3) is 0.500. The number of nitrogens with one attached hydrogen (secondary N) is 1. The number of nitrogens with zero attached hydrogens (tertiary/aromatic N) is 6. The van der Waals surface area contributed by atoms with Crippen LogP contribution in [0.4, 0.5) is 0 Å². The van der Waals surface area contributed by atoms with E-state index in [1.54, 1.807) is 6.20 Å². The van der Waals surface area contributed by atoms with E-state index in [1.807, 2.05) is 35.0 Å². The van der Waals surface area contributed by atoms with E-state index in [4.69, 9.17) is 0 Å². The number of aryl methyl sites for hydroxylation is 1. The molecule has 0 amide bonds. The molecule has 3 aromatic heterocycles. The van der Waals surface area contributed by atoms with Gasteiger partial charge in [-0.15, -0.1) is 5.10 Å². The molecule has 0 saturated heterocycles.